The molecule has 0 aromatic heterocycles. The quantitative estimate of drug-likeness (QED) is 0.0222. The number of unbranched alkanes of at least 4 members (excludes halogenated alkanes) is 53. The van der Waals surface area contributed by atoms with E-state index in [1.165, 1.54) is 257 Å². The molecule has 0 saturated carbocycles. The minimum Gasteiger partial charge on any atom is -0.462 e. The summed E-state index contributed by atoms with van der Waals surface area (Å²) in [4.78, 5) is 73.1. The summed E-state index contributed by atoms with van der Waals surface area (Å²) in [6.45, 7) is 7.35. The van der Waals surface area contributed by atoms with E-state index in [1.807, 2.05) is 0 Å². The summed E-state index contributed by atoms with van der Waals surface area (Å²) in [5, 5.41) is 10.6. The van der Waals surface area contributed by atoms with E-state index in [1.54, 1.807) is 0 Å². The average Bonchev–Trinajstić information content (AvgIpc) is 0.958. The highest BCUT2D eigenvalue weighted by molar-refractivity contribution is 7.47. The topological polar surface area (TPSA) is 237 Å². The van der Waals surface area contributed by atoms with Crippen LogP contribution in [0.3, 0.4) is 0 Å². The van der Waals surface area contributed by atoms with Gasteiger partial charge < -0.3 is 33.8 Å². The molecule has 3 N–H and O–H groups in total. The maximum Gasteiger partial charge on any atom is 0.472 e. The summed E-state index contributed by atoms with van der Waals surface area (Å²) in [6, 6.07) is 0. The third kappa shape index (κ3) is 74.3. The van der Waals surface area contributed by atoms with Gasteiger partial charge in [-0.3, -0.25) is 37.3 Å². The van der Waals surface area contributed by atoms with Crippen LogP contribution in [0.2, 0.25) is 0 Å². The van der Waals surface area contributed by atoms with Crippen LogP contribution in [0, 0.1) is 5.92 Å². The summed E-state index contributed by atoms with van der Waals surface area (Å²) in [5.74, 6) is -1.32. The lowest BCUT2D eigenvalue weighted by Crippen LogP contribution is -2.30. The van der Waals surface area contributed by atoms with Crippen LogP contribution in [0.15, 0.2) is 0 Å². The van der Waals surface area contributed by atoms with Crippen LogP contribution < -0.4 is 0 Å². The number of hydrogen-bond donors (Lipinski definition) is 3. The van der Waals surface area contributed by atoms with Crippen LogP contribution in [-0.4, -0.2) is 96.7 Å². The van der Waals surface area contributed by atoms with E-state index in [2.05, 4.69) is 34.6 Å². The Morgan fingerprint density at radius 1 is 0.270 bits per heavy atom. The molecule has 2 unspecified atom stereocenters. The second-order valence-corrected chi connectivity index (χ2v) is 32.5. The summed E-state index contributed by atoms with van der Waals surface area (Å²) < 4.78 is 68.8. The lowest BCUT2D eigenvalue weighted by atomic mass is 10.0. The minimum absolute atomic E-state index is 0.109. The fourth-order valence-electron chi connectivity index (χ4n) is 12.6. The van der Waals surface area contributed by atoms with Crippen LogP contribution in [-0.2, 0) is 65.4 Å². The molecule has 0 aliphatic heterocycles. The summed E-state index contributed by atoms with van der Waals surface area (Å²) >= 11 is 0. The van der Waals surface area contributed by atoms with Gasteiger partial charge in [0, 0.05) is 25.7 Å². The first-order valence-corrected chi connectivity index (χ1v) is 45.1. The van der Waals surface area contributed by atoms with Gasteiger partial charge in [-0.15, -0.1) is 0 Å². The van der Waals surface area contributed by atoms with E-state index in [0.29, 0.717) is 25.7 Å². The normalized spacial score (nSPS) is 13.8. The Morgan fingerprint density at radius 3 is 0.680 bits per heavy atom. The van der Waals surface area contributed by atoms with E-state index in [4.69, 9.17) is 37.0 Å². The zero-order chi connectivity index (χ0) is 73.4. The van der Waals surface area contributed by atoms with Crippen LogP contribution in [0.4, 0.5) is 0 Å². The molecule has 0 saturated heterocycles. The molecular weight excluding hydrogens is 1310 g/mol. The Hall–Kier alpha value is -1.94. The third-order valence-electron chi connectivity index (χ3n) is 19.0. The Morgan fingerprint density at radius 2 is 0.460 bits per heavy atom. The first-order valence-electron chi connectivity index (χ1n) is 42.1. The Kier molecular flexibility index (Phi) is 72.5. The van der Waals surface area contributed by atoms with E-state index in [9.17, 15) is 43.2 Å². The molecule has 19 heteroatoms. The standard InChI is InChI=1S/C81H158O17P2/c1-6-9-12-15-18-21-24-27-29-30-31-32-33-35-42-47-52-57-62-67-81(86)98-77(71-92-79(84)65-60-55-50-45-40-37-36-38-43-48-53-58-63-74(4)5)73-96-100(89,90)94-69-75(82)68-93-99(87,88)95-72-76(70-91-78(83)64-59-54-49-44-39-26-23-20-17-14-11-8-3)97-80(85)66-61-56-51-46-41-34-28-25-22-19-16-13-10-7-2/h74-77,82H,6-73H2,1-5H3,(H,87,88)(H,89,90)/t75-,76+,77+/m0/s1. The van der Waals surface area contributed by atoms with Gasteiger partial charge in [0.05, 0.1) is 26.4 Å². The Labute approximate surface area is 613 Å². The summed E-state index contributed by atoms with van der Waals surface area (Å²) in [7, 11) is -9.92. The monoisotopic (exact) mass is 1470 g/mol. The van der Waals surface area contributed by atoms with Crippen molar-refractivity contribution < 1.29 is 80.2 Å². The highest BCUT2D eigenvalue weighted by Gasteiger charge is 2.30. The SMILES string of the molecule is CCCCCCCCCCCCCCCCCCCCCC(=O)O[C@H](COC(=O)CCCCCCCCCCCCCCC(C)C)COP(=O)(O)OC[C@@H](O)COP(=O)(O)OC[C@@H](COC(=O)CCCCCCCCCCCCCC)OC(=O)CCCCCCCCCCCCCCCC. The van der Waals surface area contributed by atoms with Gasteiger partial charge in [-0.2, -0.15) is 0 Å². The molecular formula is C81H158O17P2. The highest BCUT2D eigenvalue weighted by atomic mass is 31.2. The van der Waals surface area contributed by atoms with Crippen molar-refractivity contribution in [1.29, 1.82) is 0 Å². The predicted molar refractivity (Wildman–Crippen MR) is 409 cm³/mol. The van der Waals surface area contributed by atoms with E-state index in [0.717, 1.165) is 95.8 Å². The zero-order valence-electron chi connectivity index (χ0n) is 65.3. The van der Waals surface area contributed by atoms with Crippen LogP contribution in [0.1, 0.15) is 433 Å². The molecule has 5 atom stereocenters. The summed E-state index contributed by atoms with van der Waals surface area (Å²) in [6.07, 6.45) is 65.0. The second kappa shape index (κ2) is 73.9. The highest BCUT2D eigenvalue weighted by Crippen LogP contribution is 2.45. The van der Waals surface area contributed by atoms with E-state index in [-0.39, 0.29) is 25.7 Å². The molecule has 0 fully saturated rings. The van der Waals surface area contributed by atoms with E-state index < -0.39 is 97.5 Å². The molecule has 100 heavy (non-hydrogen) atoms. The number of phosphoric acid groups is 2. The van der Waals surface area contributed by atoms with Gasteiger partial charge in [-0.1, -0.05) is 381 Å². The Bertz CT molecular complexity index is 1910. The molecule has 0 aliphatic rings. The molecule has 0 spiro atoms. The molecule has 0 amide bonds. The van der Waals surface area contributed by atoms with Gasteiger partial charge in [0.1, 0.15) is 19.3 Å². The lowest BCUT2D eigenvalue weighted by molar-refractivity contribution is -0.161. The van der Waals surface area contributed by atoms with Gasteiger partial charge in [-0.05, 0) is 31.6 Å². The van der Waals surface area contributed by atoms with Crippen LogP contribution >= 0.6 is 15.6 Å². The number of carbonyl (C=O) groups excluding carboxylic acids is 4. The minimum atomic E-state index is -4.96. The first kappa shape index (κ1) is 98.1. The number of ether oxygens (including phenoxy) is 4. The number of esters is 4. The van der Waals surface area contributed by atoms with Gasteiger partial charge in [0.15, 0.2) is 12.2 Å². The Balaban J connectivity index is 5.25. The van der Waals surface area contributed by atoms with Crippen LogP contribution in [0.25, 0.3) is 0 Å². The molecule has 17 nitrogen and oxygen atoms in total. The molecule has 0 aromatic rings. The van der Waals surface area contributed by atoms with Crippen molar-refractivity contribution in [2.45, 2.75) is 451 Å². The van der Waals surface area contributed by atoms with Gasteiger partial charge >= 0.3 is 39.5 Å². The smallest absolute Gasteiger partial charge is 0.462 e. The molecule has 0 radical (unpaired) electrons. The largest absolute Gasteiger partial charge is 0.472 e. The molecule has 0 aliphatic carbocycles. The van der Waals surface area contributed by atoms with Crippen molar-refractivity contribution in [3.8, 4) is 0 Å². The van der Waals surface area contributed by atoms with Gasteiger partial charge in [0.25, 0.3) is 0 Å². The second-order valence-electron chi connectivity index (χ2n) is 29.6. The predicted octanol–water partition coefficient (Wildman–Crippen LogP) is 24.4. The molecule has 0 aromatic carbocycles. The fourth-order valence-corrected chi connectivity index (χ4v) is 14.2. The zero-order valence-corrected chi connectivity index (χ0v) is 67.1. The van der Waals surface area contributed by atoms with Crippen molar-refractivity contribution in [2.24, 2.45) is 5.92 Å². The van der Waals surface area contributed by atoms with Gasteiger partial charge in [-0.25, -0.2) is 9.13 Å². The van der Waals surface area contributed by atoms with Crippen molar-refractivity contribution in [3.63, 3.8) is 0 Å². The fraction of sp³-hybridized carbons (Fsp3) is 0.951. The molecule has 0 heterocycles. The number of phosphoric ester groups is 2. The third-order valence-corrected chi connectivity index (χ3v) is 20.9. The molecule has 594 valence electrons. The number of carbonyl (C=O) groups is 4. The molecule has 0 bridgehead atoms. The van der Waals surface area contributed by atoms with Crippen LogP contribution in [0.5, 0.6) is 0 Å². The first-order chi connectivity index (χ1) is 48.5. The lowest BCUT2D eigenvalue weighted by Gasteiger charge is -2.21. The maximum absolute atomic E-state index is 13.1. The van der Waals surface area contributed by atoms with Crippen molar-refractivity contribution >= 4 is 39.5 Å². The molecule has 0 rings (SSSR count). The number of hydrogen-bond acceptors (Lipinski definition) is 15. The maximum atomic E-state index is 13.1. The van der Waals surface area contributed by atoms with E-state index >= 15 is 0 Å². The average molecular weight is 1470 g/mol. The number of aliphatic hydroxyl groups is 1. The number of rotatable bonds is 81. The van der Waals surface area contributed by atoms with Crippen molar-refractivity contribution in [1.82, 2.24) is 0 Å². The van der Waals surface area contributed by atoms with Crippen molar-refractivity contribution in [3.05, 3.63) is 0 Å². The number of aliphatic hydroxyl groups excluding tert-OH is 1. The van der Waals surface area contributed by atoms with Gasteiger partial charge in [0.2, 0.25) is 0 Å². The van der Waals surface area contributed by atoms with Crippen molar-refractivity contribution in [2.75, 3.05) is 39.6 Å². The summed E-state index contributed by atoms with van der Waals surface area (Å²) in [5.41, 5.74) is 0.